The normalized spacial score (nSPS) is 12.4. The SMILES string of the molecule is CCCNC(c1ccc(F)c(Br)c1)c1cccc(F)c1Br. The van der Waals surface area contributed by atoms with Gasteiger partial charge in [-0.3, -0.25) is 0 Å². The third-order valence-corrected chi connectivity index (χ3v) is 4.61. The number of hydrogen-bond acceptors (Lipinski definition) is 1. The maximum atomic E-state index is 13.8. The van der Waals surface area contributed by atoms with Crippen LogP contribution in [0.2, 0.25) is 0 Å². The molecule has 2 aromatic carbocycles. The number of hydrogen-bond donors (Lipinski definition) is 1. The van der Waals surface area contributed by atoms with Gasteiger partial charge in [-0.25, -0.2) is 8.78 Å². The molecular formula is C16H15Br2F2N. The molecule has 0 aliphatic carbocycles. The van der Waals surface area contributed by atoms with Gasteiger partial charge in [0, 0.05) is 0 Å². The highest BCUT2D eigenvalue weighted by Crippen LogP contribution is 2.32. The van der Waals surface area contributed by atoms with E-state index in [2.05, 4.69) is 44.1 Å². The van der Waals surface area contributed by atoms with Crippen molar-refractivity contribution < 1.29 is 8.78 Å². The molecule has 0 heterocycles. The second-order valence-corrected chi connectivity index (χ2v) is 6.35. The molecule has 0 bridgehead atoms. The summed E-state index contributed by atoms with van der Waals surface area (Å²) in [6.45, 7) is 2.84. The van der Waals surface area contributed by atoms with Crippen LogP contribution in [0.25, 0.3) is 0 Å². The summed E-state index contributed by atoms with van der Waals surface area (Å²) in [4.78, 5) is 0. The summed E-state index contributed by atoms with van der Waals surface area (Å²) in [5.74, 6) is -0.622. The Hall–Kier alpha value is -0.780. The third-order valence-electron chi connectivity index (χ3n) is 3.17. The summed E-state index contributed by atoms with van der Waals surface area (Å²) in [7, 11) is 0. The van der Waals surface area contributed by atoms with E-state index in [1.54, 1.807) is 18.2 Å². The molecule has 0 fully saturated rings. The van der Waals surface area contributed by atoms with E-state index in [0.29, 0.717) is 8.95 Å². The lowest BCUT2D eigenvalue weighted by atomic mass is 9.98. The number of halogens is 4. The first-order valence-corrected chi connectivity index (χ1v) is 8.25. The molecule has 0 radical (unpaired) electrons. The van der Waals surface area contributed by atoms with Gasteiger partial charge < -0.3 is 5.32 Å². The zero-order valence-electron chi connectivity index (χ0n) is 11.5. The molecule has 1 nitrogen and oxygen atoms in total. The quantitative estimate of drug-likeness (QED) is 0.668. The summed E-state index contributed by atoms with van der Waals surface area (Å²) in [5, 5.41) is 3.38. The molecule has 0 spiro atoms. The molecule has 1 atom stereocenters. The standard InChI is InChI=1S/C16H15Br2F2N/c1-2-8-21-16(10-6-7-13(19)12(17)9-10)11-4-3-5-14(20)15(11)18/h3-7,9,16,21H,2,8H2,1H3. The van der Waals surface area contributed by atoms with E-state index in [1.165, 1.54) is 12.1 Å². The Labute approximate surface area is 140 Å². The molecular weight excluding hydrogens is 404 g/mol. The largest absolute Gasteiger partial charge is 0.306 e. The predicted molar refractivity (Wildman–Crippen MR) is 88.3 cm³/mol. The molecule has 2 aromatic rings. The van der Waals surface area contributed by atoms with Crippen LogP contribution in [-0.4, -0.2) is 6.54 Å². The highest BCUT2D eigenvalue weighted by atomic mass is 79.9. The summed E-state index contributed by atoms with van der Waals surface area (Å²) in [6, 6.07) is 9.59. The average molecular weight is 419 g/mol. The van der Waals surface area contributed by atoms with Crippen LogP contribution in [0, 0.1) is 11.6 Å². The van der Waals surface area contributed by atoms with Crippen LogP contribution in [-0.2, 0) is 0 Å². The lowest BCUT2D eigenvalue weighted by Gasteiger charge is -2.21. The van der Waals surface area contributed by atoms with E-state index >= 15 is 0 Å². The van der Waals surface area contributed by atoms with Crippen molar-refractivity contribution >= 4 is 31.9 Å². The van der Waals surface area contributed by atoms with E-state index in [-0.39, 0.29) is 17.7 Å². The summed E-state index contributed by atoms with van der Waals surface area (Å²) >= 11 is 6.50. The molecule has 2 rings (SSSR count). The molecule has 0 aliphatic heterocycles. The van der Waals surface area contributed by atoms with E-state index in [0.717, 1.165) is 24.1 Å². The van der Waals surface area contributed by atoms with Gasteiger partial charge in [0.2, 0.25) is 0 Å². The maximum Gasteiger partial charge on any atom is 0.137 e. The average Bonchev–Trinajstić information content (AvgIpc) is 2.47. The van der Waals surface area contributed by atoms with Gasteiger partial charge in [-0.1, -0.05) is 25.1 Å². The molecule has 0 aliphatic rings. The molecule has 0 saturated heterocycles. The fourth-order valence-corrected chi connectivity index (χ4v) is 3.02. The second kappa shape index (κ2) is 7.47. The fraction of sp³-hybridized carbons (Fsp3) is 0.250. The minimum atomic E-state index is -0.314. The number of benzene rings is 2. The maximum absolute atomic E-state index is 13.8. The van der Waals surface area contributed by atoms with Crippen LogP contribution in [0.5, 0.6) is 0 Å². The minimum absolute atomic E-state index is 0.202. The van der Waals surface area contributed by atoms with Crippen LogP contribution >= 0.6 is 31.9 Å². The second-order valence-electron chi connectivity index (χ2n) is 4.70. The summed E-state index contributed by atoms with van der Waals surface area (Å²) in [6.07, 6.45) is 0.950. The molecule has 0 saturated carbocycles. The van der Waals surface area contributed by atoms with Crippen molar-refractivity contribution in [3.8, 4) is 0 Å². The van der Waals surface area contributed by atoms with E-state index in [9.17, 15) is 8.78 Å². The minimum Gasteiger partial charge on any atom is -0.306 e. The zero-order chi connectivity index (χ0) is 15.4. The zero-order valence-corrected chi connectivity index (χ0v) is 14.6. The lowest BCUT2D eigenvalue weighted by Crippen LogP contribution is -2.23. The Balaban J connectivity index is 2.47. The van der Waals surface area contributed by atoms with Crippen molar-refractivity contribution in [3.05, 3.63) is 68.1 Å². The Morgan fingerprint density at radius 2 is 1.86 bits per heavy atom. The first kappa shape index (κ1) is 16.6. The van der Waals surface area contributed by atoms with Gasteiger partial charge in [-0.05, 0) is 74.2 Å². The molecule has 21 heavy (non-hydrogen) atoms. The molecule has 5 heteroatoms. The van der Waals surface area contributed by atoms with Gasteiger partial charge in [-0.2, -0.15) is 0 Å². The van der Waals surface area contributed by atoms with E-state index in [1.807, 2.05) is 6.07 Å². The first-order valence-electron chi connectivity index (χ1n) is 6.66. The van der Waals surface area contributed by atoms with Gasteiger partial charge in [0.15, 0.2) is 0 Å². The van der Waals surface area contributed by atoms with Gasteiger partial charge in [0.25, 0.3) is 0 Å². The van der Waals surface area contributed by atoms with Gasteiger partial charge in [0.05, 0.1) is 15.0 Å². The molecule has 0 amide bonds. The van der Waals surface area contributed by atoms with Gasteiger partial charge in [-0.15, -0.1) is 0 Å². The lowest BCUT2D eigenvalue weighted by molar-refractivity contribution is 0.576. The van der Waals surface area contributed by atoms with Gasteiger partial charge in [0.1, 0.15) is 11.6 Å². The Morgan fingerprint density at radius 1 is 1.10 bits per heavy atom. The Morgan fingerprint density at radius 3 is 2.52 bits per heavy atom. The summed E-state index contributed by atoms with van der Waals surface area (Å²) < 4.78 is 28.0. The van der Waals surface area contributed by atoms with Crippen LogP contribution < -0.4 is 5.32 Å². The molecule has 1 unspecified atom stereocenters. The highest BCUT2D eigenvalue weighted by molar-refractivity contribution is 9.10. The molecule has 0 aromatic heterocycles. The smallest absolute Gasteiger partial charge is 0.137 e. The molecule has 112 valence electrons. The summed E-state index contributed by atoms with van der Waals surface area (Å²) in [5.41, 5.74) is 1.67. The van der Waals surface area contributed by atoms with Crippen molar-refractivity contribution in [1.29, 1.82) is 0 Å². The topological polar surface area (TPSA) is 12.0 Å². The Kier molecular flexibility index (Phi) is 5.90. The monoisotopic (exact) mass is 417 g/mol. The van der Waals surface area contributed by atoms with Crippen LogP contribution in [0.1, 0.15) is 30.5 Å². The van der Waals surface area contributed by atoms with E-state index < -0.39 is 0 Å². The van der Waals surface area contributed by atoms with Crippen molar-refractivity contribution in [3.63, 3.8) is 0 Å². The molecule has 1 N–H and O–H groups in total. The third kappa shape index (κ3) is 3.90. The van der Waals surface area contributed by atoms with Crippen LogP contribution in [0.4, 0.5) is 8.78 Å². The van der Waals surface area contributed by atoms with Crippen molar-refractivity contribution in [2.75, 3.05) is 6.54 Å². The fourth-order valence-electron chi connectivity index (χ4n) is 2.13. The van der Waals surface area contributed by atoms with Crippen molar-refractivity contribution in [2.24, 2.45) is 0 Å². The van der Waals surface area contributed by atoms with Crippen molar-refractivity contribution in [1.82, 2.24) is 5.32 Å². The predicted octanol–water partition coefficient (Wildman–Crippen LogP) is 5.58. The van der Waals surface area contributed by atoms with Crippen LogP contribution in [0.15, 0.2) is 45.3 Å². The number of rotatable bonds is 5. The van der Waals surface area contributed by atoms with Crippen LogP contribution in [0.3, 0.4) is 0 Å². The van der Waals surface area contributed by atoms with Gasteiger partial charge >= 0.3 is 0 Å². The van der Waals surface area contributed by atoms with E-state index in [4.69, 9.17) is 0 Å². The highest BCUT2D eigenvalue weighted by Gasteiger charge is 2.19. The Bertz CT molecular complexity index is 632. The van der Waals surface area contributed by atoms with Crippen molar-refractivity contribution in [2.45, 2.75) is 19.4 Å². The first-order chi connectivity index (χ1) is 10.0. The number of nitrogens with one attached hydrogen (secondary N) is 1.